The minimum atomic E-state index is 0.912. The predicted molar refractivity (Wildman–Crippen MR) is 87.8 cm³/mol. The van der Waals surface area contributed by atoms with E-state index in [4.69, 9.17) is 4.99 Å². The standard InChI is InChI=1S/C19H16N2/c1-4-10-16(11-5-1)20-18-14-8-3-9-15-19(18)21-17-12-6-2-7-13-17/h1-15H,(H,20,21)/i20+1,21+1. The Balaban J connectivity index is 2.05. The van der Waals surface area contributed by atoms with Gasteiger partial charge in [0.2, 0.25) is 0 Å². The van der Waals surface area contributed by atoms with Crippen molar-refractivity contribution in [2.75, 3.05) is 5.32 Å². The average Bonchev–Trinajstić information content (AvgIpc) is 2.75. The number of anilines is 2. The molecular weight excluding hydrogens is 258 g/mol. The van der Waals surface area contributed by atoms with Gasteiger partial charge in [0.05, 0.1) is 16.7 Å². The summed E-state index contributed by atoms with van der Waals surface area (Å²) in [5.41, 5.74) is 2.98. The van der Waals surface area contributed by atoms with Gasteiger partial charge in [-0.3, -0.25) is 0 Å². The molecule has 0 fully saturated rings. The van der Waals surface area contributed by atoms with Crippen molar-refractivity contribution in [1.29, 1.82) is 0 Å². The van der Waals surface area contributed by atoms with Crippen molar-refractivity contribution in [3.05, 3.63) is 96.4 Å². The molecule has 1 N–H and O–H groups in total. The molecule has 0 aliphatic rings. The highest BCUT2D eigenvalue weighted by molar-refractivity contribution is 5.59. The van der Waals surface area contributed by atoms with Gasteiger partial charge in [0, 0.05) is 5.69 Å². The van der Waals surface area contributed by atoms with Gasteiger partial charge in [-0.2, -0.15) is 0 Å². The fourth-order valence-corrected chi connectivity index (χ4v) is 2.06. The molecule has 102 valence electrons. The number of rotatable bonds is 3. The smallest absolute Gasteiger partial charge is 0.0871 e. The van der Waals surface area contributed by atoms with Gasteiger partial charge in [0.1, 0.15) is 0 Å². The molecule has 0 amide bonds. The normalized spacial score (nSPS) is 11.1. The molecule has 0 aliphatic heterocycles. The van der Waals surface area contributed by atoms with E-state index >= 15 is 0 Å². The zero-order valence-electron chi connectivity index (χ0n) is 11.6. The van der Waals surface area contributed by atoms with Gasteiger partial charge in [-0.15, -0.1) is 0 Å². The largest absolute Gasteiger partial charge is 0.354 e. The Hall–Kier alpha value is -2.87. The summed E-state index contributed by atoms with van der Waals surface area (Å²) in [5, 5.41) is 4.33. The SMILES string of the molecule is c1ccc([15N]=c2cccccc2[15NH]c2ccccc2)cc1. The quantitative estimate of drug-likeness (QED) is 0.690. The lowest BCUT2D eigenvalue weighted by Gasteiger charge is -2.05. The number of hydrogen-bond donors (Lipinski definition) is 1. The van der Waals surface area contributed by atoms with Crippen LogP contribution in [0.1, 0.15) is 0 Å². The molecule has 2 nitrogen and oxygen atoms in total. The molecule has 21 heavy (non-hydrogen) atoms. The highest BCUT2D eigenvalue weighted by Gasteiger charge is 1.96. The molecule has 0 spiro atoms. The lowest BCUT2D eigenvalue weighted by molar-refractivity contribution is 1.34. The molecule has 3 aromatic carbocycles. The van der Waals surface area contributed by atoms with Crippen LogP contribution in [-0.2, 0) is 0 Å². The monoisotopic (exact) mass is 274 g/mol. The molecule has 0 heterocycles. The first-order valence-corrected chi connectivity index (χ1v) is 6.93. The second-order valence-electron chi connectivity index (χ2n) is 4.65. The Morgan fingerprint density at radius 1 is 0.571 bits per heavy atom. The third-order valence-corrected chi connectivity index (χ3v) is 3.07. The van der Waals surface area contributed by atoms with E-state index in [1.807, 2.05) is 91.0 Å². The molecule has 0 radical (unpaired) electrons. The second-order valence-corrected chi connectivity index (χ2v) is 4.65. The molecule has 3 aromatic rings. The summed E-state index contributed by atoms with van der Waals surface area (Å²) in [5.74, 6) is 0. The van der Waals surface area contributed by atoms with Crippen molar-refractivity contribution in [3.8, 4) is 0 Å². The number of nitrogens with zero attached hydrogens (tertiary/aromatic N) is 1. The van der Waals surface area contributed by atoms with Crippen LogP contribution < -0.4 is 10.7 Å². The Labute approximate surface area is 124 Å². The summed E-state index contributed by atoms with van der Waals surface area (Å²) >= 11 is 0. The summed E-state index contributed by atoms with van der Waals surface area (Å²) < 4.78 is 0. The third-order valence-electron chi connectivity index (χ3n) is 3.07. The van der Waals surface area contributed by atoms with E-state index in [-0.39, 0.29) is 0 Å². The number of nitrogens with one attached hydrogen (secondary N) is 1. The van der Waals surface area contributed by atoms with Crippen molar-refractivity contribution in [3.63, 3.8) is 0 Å². The zero-order chi connectivity index (χ0) is 14.3. The molecular formula is C19H16N2. The molecule has 0 unspecified atom stereocenters. The lowest BCUT2D eigenvalue weighted by atomic mass is 10.3. The van der Waals surface area contributed by atoms with Crippen LogP contribution in [-0.4, -0.2) is 0 Å². The van der Waals surface area contributed by atoms with E-state index in [1.54, 1.807) is 0 Å². The van der Waals surface area contributed by atoms with E-state index < -0.39 is 0 Å². The molecule has 2 heteroatoms. The second kappa shape index (κ2) is 6.53. The average molecular weight is 274 g/mol. The van der Waals surface area contributed by atoms with E-state index in [2.05, 4.69) is 5.32 Å². The highest BCUT2D eigenvalue weighted by atomic mass is 15.6. The molecule has 0 atom stereocenters. The van der Waals surface area contributed by atoms with Gasteiger partial charge in [-0.05, 0) is 36.4 Å². The fraction of sp³-hybridized carbons (Fsp3) is 0. The predicted octanol–water partition coefficient (Wildman–Crippen LogP) is 4.66. The number of benzene rings is 2. The maximum atomic E-state index is 4.71. The van der Waals surface area contributed by atoms with Crippen LogP contribution in [0, 0.1) is 0 Å². The molecule has 0 aromatic heterocycles. The molecule has 3 rings (SSSR count). The first-order chi connectivity index (χ1) is 10.4. The van der Waals surface area contributed by atoms with Gasteiger partial charge in [-0.25, -0.2) is 4.99 Å². The van der Waals surface area contributed by atoms with E-state index in [1.165, 1.54) is 0 Å². The van der Waals surface area contributed by atoms with Crippen molar-refractivity contribution in [2.45, 2.75) is 0 Å². The number of para-hydroxylation sites is 2. The van der Waals surface area contributed by atoms with E-state index in [9.17, 15) is 0 Å². The fourth-order valence-electron chi connectivity index (χ4n) is 2.06. The maximum absolute atomic E-state index is 4.71. The van der Waals surface area contributed by atoms with E-state index in [0.29, 0.717) is 0 Å². The Kier molecular flexibility index (Phi) is 4.08. The van der Waals surface area contributed by atoms with Crippen molar-refractivity contribution in [2.24, 2.45) is 4.99 Å². The van der Waals surface area contributed by atoms with Crippen LogP contribution in [0.2, 0.25) is 0 Å². The third kappa shape index (κ3) is 3.57. The highest BCUT2D eigenvalue weighted by Crippen LogP contribution is 2.13. The van der Waals surface area contributed by atoms with Crippen molar-refractivity contribution in [1.82, 2.24) is 0 Å². The maximum Gasteiger partial charge on any atom is 0.0871 e. The van der Waals surface area contributed by atoms with Crippen LogP contribution in [0.4, 0.5) is 17.1 Å². The topological polar surface area (TPSA) is 24.4 Å². The minimum absolute atomic E-state index is 0.912. The molecule has 0 aliphatic carbocycles. The summed E-state index contributed by atoms with van der Waals surface area (Å²) in [7, 11) is 0. The van der Waals surface area contributed by atoms with Crippen molar-refractivity contribution >= 4 is 17.1 Å². The van der Waals surface area contributed by atoms with E-state index in [0.717, 1.165) is 22.4 Å². The Morgan fingerprint density at radius 3 is 1.86 bits per heavy atom. The van der Waals surface area contributed by atoms with Gasteiger partial charge in [-0.1, -0.05) is 54.6 Å². The first kappa shape index (κ1) is 13.1. The summed E-state index contributed by atoms with van der Waals surface area (Å²) in [4.78, 5) is 4.71. The van der Waals surface area contributed by atoms with Gasteiger partial charge in [0.25, 0.3) is 0 Å². The summed E-state index contributed by atoms with van der Waals surface area (Å²) in [6.45, 7) is 0. The first-order valence-electron chi connectivity index (χ1n) is 6.93. The Bertz CT molecular complexity index is 765. The lowest BCUT2D eigenvalue weighted by Crippen LogP contribution is -2.05. The van der Waals surface area contributed by atoms with Gasteiger partial charge < -0.3 is 5.32 Å². The molecule has 0 bridgehead atoms. The van der Waals surface area contributed by atoms with Crippen LogP contribution >= 0.6 is 0 Å². The molecule has 0 saturated heterocycles. The summed E-state index contributed by atoms with van der Waals surface area (Å²) in [6.07, 6.45) is 0. The van der Waals surface area contributed by atoms with Gasteiger partial charge in [0.15, 0.2) is 0 Å². The zero-order valence-corrected chi connectivity index (χ0v) is 11.6. The van der Waals surface area contributed by atoms with Crippen LogP contribution in [0.15, 0.2) is 96.0 Å². The van der Waals surface area contributed by atoms with Crippen LogP contribution in [0.3, 0.4) is 0 Å². The number of hydrogen-bond acceptors (Lipinski definition) is 2. The molecule has 0 saturated carbocycles. The minimum Gasteiger partial charge on any atom is -0.354 e. The van der Waals surface area contributed by atoms with Crippen LogP contribution in [0.5, 0.6) is 0 Å². The van der Waals surface area contributed by atoms with Gasteiger partial charge >= 0.3 is 0 Å². The summed E-state index contributed by atoms with van der Waals surface area (Å²) in [6, 6.07) is 30.1. The van der Waals surface area contributed by atoms with Crippen molar-refractivity contribution < 1.29 is 0 Å². The van der Waals surface area contributed by atoms with Crippen LogP contribution in [0.25, 0.3) is 0 Å². The Morgan fingerprint density at radius 2 is 1.14 bits per heavy atom.